The van der Waals surface area contributed by atoms with Crippen LogP contribution in [0.1, 0.15) is 52.9 Å². The van der Waals surface area contributed by atoms with Gasteiger partial charge in [0, 0.05) is 13.2 Å². The zero-order valence-electron chi connectivity index (χ0n) is 16.6. The van der Waals surface area contributed by atoms with Gasteiger partial charge < -0.3 is 8.85 Å². The van der Waals surface area contributed by atoms with Crippen LogP contribution in [0.5, 0.6) is 0 Å². The standard InChI is InChI=1S/C23H34O2Si/c1-4-6-13-19-24-26(22-14-9-7-10-15-22,23-16-11-8-12-17-23)25-20-18-21(3)5-2/h7-12,14-17,21H,4-6,13,18-20H2,1-3H3. The van der Waals surface area contributed by atoms with Crippen LogP contribution in [-0.4, -0.2) is 21.8 Å². The average Bonchev–Trinajstić information content (AvgIpc) is 2.71. The van der Waals surface area contributed by atoms with Gasteiger partial charge in [-0.3, -0.25) is 0 Å². The van der Waals surface area contributed by atoms with Crippen molar-refractivity contribution in [1.29, 1.82) is 0 Å². The van der Waals surface area contributed by atoms with Gasteiger partial charge >= 0.3 is 8.56 Å². The van der Waals surface area contributed by atoms with Gasteiger partial charge in [0.1, 0.15) is 0 Å². The van der Waals surface area contributed by atoms with Crippen LogP contribution in [0.3, 0.4) is 0 Å². The van der Waals surface area contributed by atoms with E-state index in [0.717, 1.165) is 26.1 Å². The van der Waals surface area contributed by atoms with E-state index >= 15 is 0 Å². The van der Waals surface area contributed by atoms with Crippen molar-refractivity contribution in [3.63, 3.8) is 0 Å². The largest absolute Gasteiger partial charge is 0.407 e. The van der Waals surface area contributed by atoms with Crippen molar-refractivity contribution >= 4 is 18.9 Å². The molecule has 0 amide bonds. The van der Waals surface area contributed by atoms with E-state index < -0.39 is 8.56 Å². The zero-order valence-corrected chi connectivity index (χ0v) is 17.6. The molecule has 0 N–H and O–H groups in total. The van der Waals surface area contributed by atoms with E-state index in [1.165, 1.54) is 29.6 Å². The molecule has 0 aromatic heterocycles. The van der Waals surface area contributed by atoms with Gasteiger partial charge in [-0.15, -0.1) is 0 Å². The van der Waals surface area contributed by atoms with Crippen LogP contribution in [0.2, 0.25) is 0 Å². The molecule has 2 nitrogen and oxygen atoms in total. The first-order chi connectivity index (χ1) is 12.7. The van der Waals surface area contributed by atoms with E-state index in [9.17, 15) is 0 Å². The third kappa shape index (κ3) is 5.80. The fourth-order valence-corrected chi connectivity index (χ4v) is 6.22. The summed E-state index contributed by atoms with van der Waals surface area (Å²) in [6.07, 6.45) is 5.74. The third-order valence-electron chi connectivity index (χ3n) is 4.97. The lowest BCUT2D eigenvalue weighted by molar-refractivity contribution is 0.178. The Morgan fingerprint density at radius 2 is 1.31 bits per heavy atom. The highest BCUT2D eigenvalue weighted by molar-refractivity contribution is 6.92. The van der Waals surface area contributed by atoms with Gasteiger partial charge in [-0.1, -0.05) is 101 Å². The molecule has 142 valence electrons. The minimum atomic E-state index is -2.68. The van der Waals surface area contributed by atoms with Gasteiger partial charge in [-0.25, -0.2) is 0 Å². The molecule has 0 saturated heterocycles. The molecular formula is C23H34O2Si. The number of hydrogen-bond donors (Lipinski definition) is 0. The third-order valence-corrected chi connectivity index (χ3v) is 8.38. The summed E-state index contributed by atoms with van der Waals surface area (Å²) in [6, 6.07) is 21.2. The van der Waals surface area contributed by atoms with Crippen molar-refractivity contribution < 1.29 is 8.85 Å². The van der Waals surface area contributed by atoms with E-state index in [1.54, 1.807) is 0 Å². The Hall–Kier alpha value is -1.42. The molecule has 0 bridgehead atoms. The monoisotopic (exact) mass is 370 g/mol. The van der Waals surface area contributed by atoms with Gasteiger partial charge in [-0.2, -0.15) is 0 Å². The molecule has 0 aliphatic carbocycles. The minimum absolute atomic E-state index is 0.674. The summed E-state index contributed by atoms with van der Waals surface area (Å²) in [5.74, 6) is 0.674. The van der Waals surface area contributed by atoms with Crippen molar-refractivity contribution in [2.24, 2.45) is 5.92 Å². The molecular weight excluding hydrogens is 336 g/mol. The van der Waals surface area contributed by atoms with Gasteiger partial charge in [-0.05, 0) is 29.1 Å². The molecule has 0 radical (unpaired) electrons. The summed E-state index contributed by atoms with van der Waals surface area (Å²) in [5, 5.41) is 2.40. The second-order valence-electron chi connectivity index (χ2n) is 7.05. The van der Waals surface area contributed by atoms with E-state index in [2.05, 4.69) is 81.4 Å². The predicted octanol–water partition coefficient (Wildman–Crippen LogP) is 4.90. The second kappa shape index (κ2) is 11.3. The smallest absolute Gasteiger partial charge is 0.388 e. The van der Waals surface area contributed by atoms with Crippen molar-refractivity contribution in [2.75, 3.05) is 13.2 Å². The Bertz CT molecular complexity index is 561. The van der Waals surface area contributed by atoms with Crippen LogP contribution in [0.15, 0.2) is 60.7 Å². The Morgan fingerprint density at radius 3 is 1.81 bits per heavy atom. The number of unbranched alkanes of at least 4 members (excludes halogenated alkanes) is 2. The summed E-state index contributed by atoms with van der Waals surface area (Å²) in [7, 11) is -2.68. The van der Waals surface area contributed by atoms with Crippen LogP contribution in [0.25, 0.3) is 0 Å². The zero-order chi connectivity index (χ0) is 18.7. The van der Waals surface area contributed by atoms with Gasteiger partial charge in [0.2, 0.25) is 0 Å². The summed E-state index contributed by atoms with van der Waals surface area (Å²) in [6.45, 7) is 8.26. The lowest BCUT2D eigenvalue weighted by Gasteiger charge is -2.32. The molecule has 3 heteroatoms. The van der Waals surface area contributed by atoms with Crippen LogP contribution in [0.4, 0.5) is 0 Å². The number of rotatable bonds is 12. The molecule has 0 aliphatic heterocycles. The molecule has 1 unspecified atom stereocenters. The molecule has 2 rings (SSSR count). The van der Waals surface area contributed by atoms with E-state index in [0.29, 0.717) is 5.92 Å². The lowest BCUT2D eigenvalue weighted by atomic mass is 10.1. The van der Waals surface area contributed by atoms with Gasteiger partial charge in [0.25, 0.3) is 0 Å². The van der Waals surface area contributed by atoms with Crippen molar-refractivity contribution in [1.82, 2.24) is 0 Å². The van der Waals surface area contributed by atoms with Crippen LogP contribution < -0.4 is 10.4 Å². The molecule has 2 aromatic carbocycles. The summed E-state index contributed by atoms with van der Waals surface area (Å²) in [5.41, 5.74) is 0. The lowest BCUT2D eigenvalue weighted by Crippen LogP contribution is -2.63. The highest BCUT2D eigenvalue weighted by Crippen LogP contribution is 2.14. The Labute approximate surface area is 160 Å². The molecule has 26 heavy (non-hydrogen) atoms. The Morgan fingerprint density at radius 1 is 0.769 bits per heavy atom. The average molecular weight is 371 g/mol. The van der Waals surface area contributed by atoms with Crippen molar-refractivity contribution in [3.8, 4) is 0 Å². The summed E-state index contributed by atoms with van der Waals surface area (Å²) < 4.78 is 13.3. The van der Waals surface area contributed by atoms with Crippen LogP contribution in [-0.2, 0) is 8.85 Å². The SMILES string of the molecule is CCCCCO[Si](OCCC(C)CC)(c1ccccc1)c1ccccc1. The van der Waals surface area contributed by atoms with E-state index in [1.807, 2.05) is 0 Å². The normalized spacial score (nSPS) is 12.9. The second-order valence-corrected chi connectivity index (χ2v) is 10.0. The van der Waals surface area contributed by atoms with Gasteiger partial charge in [0.05, 0.1) is 0 Å². The maximum Gasteiger partial charge on any atom is 0.407 e. The Kier molecular flexibility index (Phi) is 9.10. The van der Waals surface area contributed by atoms with Crippen molar-refractivity contribution in [3.05, 3.63) is 60.7 Å². The molecule has 0 fully saturated rings. The topological polar surface area (TPSA) is 18.5 Å². The molecule has 0 aliphatic rings. The first kappa shape index (κ1) is 20.9. The maximum absolute atomic E-state index is 6.67. The quantitative estimate of drug-likeness (QED) is 0.391. The minimum Gasteiger partial charge on any atom is -0.388 e. The van der Waals surface area contributed by atoms with Crippen molar-refractivity contribution in [2.45, 2.75) is 52.9 Å². The predicted molar refractivity (Wildman–Crippen MR) is 113 cm³/mol. The van der Waals surface area contributed by atoms with E-state index in [4.69, 9.17) is 8.85 Å². The fourth-order valence-electron chi connectivity index (χ4n) is 3.03. The van der Waals surface area contributed by atoms with Gasteiger partial charge in [0.15, 0.2) is 0 Å². The number of benzene rings is 2. The van der Waals surface area contributed by atoms with E-state index in [-0.39, 0.29) is 0 Å². The summed E-state index contributed by atoms with van der Waals surface area (Å²) in [4.78, 5) is 0. The Balaban J connectivity index is 2.31. The molecule has 0 heterocycles. The van der Waals surface area contributed by atoms with Crippen LogP contribution in [0, 0.1) is 5.92 Å². The fraction of sp³-hybridized carbons (Fsp3) is 0.478. The highest BCUT2D eigenvalue weighted by Gasteiger charge is 2.42. The first-order valence-electron chi connectivity index (χ1n) is 10.1. The molecule has 0 spiro atoms. The highest BCUT2D eigenvalue weighted by atomic mass is 28.4. The molecule has 2 aromatic rings. The summed E-state index contributed by atoms with van der Waals surface area (Å²) >= 11 is 0. The molecule has 0 saturated carbocycles. The maximum atomic E-state index is 6.67. The molecule has 1 atom stereocenters. The van der Waals surface area contributed by atoms with Crippen LogP contribution >= 0.6 is 0 Å². The first-order valence-corrected chi connectivity index (χ1v) is 11.9. The number of hydrogen-bond acceptors (Lipinski definition) is 2.